The van der Waals surface area contributed by atoms with Gasteiger partial charge in [-0.3, -0.25) is 9.59 Å². The van der Waals surface area contributed by atoms with Crippen molar-refractivity contribution in [2.45, 2.75) is 20.0 Å². The minimum atomic E-state index is -0.989. The highest BCUT2D eigenvalue weighted by Crippen LogP contribution is 2.17. The Balaban J connectivity index is 1.52. The largest absolute Gasteiger partial charge is 0.494 e. The molecule has 2 N–H and O–H groups in total. The van der Waals surface area contributed by atoms with Gasteiger partial charge in [-0.1, -0.05) is 6.07 Å². The first-order chi connectivity index (χ1) is 15.0. The molecule has 0 fully saturated rings. The van der Waals surface area contributed by atoms with Gasteiger partial charge in [-0.25, -0.2) is 4.79 Å². The Morgan fingerprint density at radius 3 is 2.19 bits per heavy atom. The molecule has 7 nitrogen and oxygen atoms in total. The molecule has 0 saturated heterocycles. The predicted octanol–water partition coefficient (Wildman–Crippen LogP) is 4.58. The van der Waals surface area contributed by atoms with Gasteiger partial charge in [-0.15, -0.1) is 11.3 Å². The molecule has 3 aromatic rings. The van der Waals surface area contributed by atoms with Gasteiger partial charge in [0, 0.05) is 11.4 Å². The highest BCUT2D eigenvalue weighted by atomic mass is 32.1. The molecule has 0 bridgehead atoms. The predicted molar refractivity (Wildman–Crippen MR) is 120 cm³/mol. The Hall–Kier alpha value is -3.65. The SMILES string of the molecule is CCOc1ccc(NC(=O)C(C)OC(=O)c2ccc(NC(=O)c3cccs3)cc2)cc1. The van der Waals surface area contributed by atoms with E-state index in [1.807, 2.05) is 12.3 Å². The lowest BCUT2D eigenvalue weighted by molar-refractivity contribution is -0.123. The second kappa shape index (κ2) is 10.4. The zero-order valence-corrected chi connectivity index (χ0v) is 17.9. The number of rotatable bonds is 8. The standard InChI is InChI=1S/C23H22N2O5S/c1-3-29-19-12-10-18(11-13-19)24-21(26)15(2)30-23(28)16-6-8-17(9-7-16)25-22(27)20-5-4-14-31-20/h4-15H,3H2,1-2H3,(H,24,26)(H,25,27). The summed E-state index contributed by atoms with van der Waals surface area (Å²) in [4.78, 5) is 37.3. The van der Waals surface area contributed by atoms with Gasteiger partial charge in [0.05, 0.1) is 17.0 Å². The lowest BCUT2D eigenvalue weighted by Gasteiger charge is -2.14. The van der Waals surface area contributed by atoms with Gasteiger partial charge in [-0.05, 0) is 73.8 Å². The van der Waals surface area contributed by atoms with Crippen molar-refractivity contribution in [2.24, 2.45) is 0 Å². The van der Waals surface area contributed by atoms with Crippen LogP contribution in [-0.4, -0.2) is 30.5 Å². The van der Waals surface area contributed by atoms with Gasteiger partial charge >= 0.3 is 5.97 Å². The summed E-state index contributed by atoms with van der Waals surface area (Å²) in [6.07, 6.45) is -0.989. The van der Waals surface area contributed by atoms with Crippen molar-refractivity contribution in [1.82, 2.24) is 0 Å². The molecule has 1 atom stereocenters. The number of amides is 2. The minimum absolute atomic E-state index is 0.218. The van der Waals surface area contributed by atoms with Crippen LogP contribution < -0.4 is 15.4 Å². The van der Waals surface area contributed by atoms with Crippen molar-refractivity contribution in [3.63, 3.8) is 0 Å². The second-order valence-corrected chi connectivity index (χ2v) is 7.45. The quantitative estimate of drug-likeness (QED) is 0.502. The summed E-state index contributed by atoms with van der Waals surface area (Å²) in [7, 11) is 0. The first-order valence-electron chi connectivity index (χ1n) is 9.66. The third-order valence-corrected chi connectivity index (χ3v) is 5.08. The maximum Gasteiger partial charge on any atom is 0.338 e. The third-order valence-electron chi connectivity index (χ3n) is 4.21. The van der Waals surface area contributed by atoms with E-state index in [1.165, 1.54) is 30.4 Å². The van der Waals surface area contributed by atoms with Crippen molar-refractivity contribution in [3.05, 3.63) is 76.5 Å². The van der Waals surface area contributed by atoms with Gasteiger partial charge in [0.15, 0.2) is 6.10 Å². The molecule has 0 spiro atoms. The summed E-state index contributed by atoms with van der Waals surface area (Å²) >= 11 is 1.34. The highest BCUT2D eigenvalue weighted by molar-refractivity contribution is 7.12. The average Bonchev–Trinajstić information content (AvgIpc) is 3.31. The molecule has 0 radical (unpaired) electrons. The van der Waals surface area contributed by atoms with Gasteiger partial charge in [0.1, 0.15) is 5.75 Å². The number of nitrogens with one attached hydrogen (secondary N) is 2. The zero-order chi connectivity index (χ0) is 22.2. The maximum absolute atomic E-state index is 12.3. The van der Waals surface area contributed by atoms with E-state index in [0.29, 0.717) is 28.6 Å². The number of thiophene rings is 1. The Morgan fingerprint density at radius 1 is 0.935 bits per heavy atom. The van der Waals surface area contributed by atoms with Crippen LogP contribution in [0.25, 0.3) is 0 Å². The van der Waals surface area contributed by atoms with E-state index < -0.39 is 18.0 Å². The lowest BCUT2D eigenvalue weighted by atomic mass is 10.2. The minimum Gasteiger partial charge on any atom is -0.494 e. The van der Waals surface area contributed by atoms with Crippen LogP contribution in [0.5, 0.6) is 5.75 Å². The summed E-state index contributed by atoms with van der Waals surface area (Å²) in [6.45, 7) is 3.94. The van der Waals surface area contributed by atoms with Crippen LogP contribution in [0.4, 0.5) is 11.4 Å². The first-order valence-corrected chi connectivity index (χ1v) is 10.5. The van der Waals surface area contributed by atoms with Gasteiger partial charge in [0.25, 0.3) is 11.8 Å². The monoisotopic (exact) mass is 438 g/mol. The number of carbonyl (C=O) groups is 3. The van der Waals surface area contributed by atoms with Crippen molar-refractivity contribution < 1.29 is 23.9 Å². The normalized spacial score (nSPS) is 11.3. The van der Waals surface area contributed by atoms with E-state index in [4.69, 9.17) is 9.47 Å². The molecule has 0 saturated carbocycles. The smallest absolute Gasteiger partial charge is 0.338 e. The topological polar surface area (TPSA) is 93.7 Å². The molecule has 31 heavy (non-hydrogen) atoms. The van der Waals surface area contributed by atoms with E-state index in [-0.39, 0.29) is 11.5 Å². The van der Waals surface area contributed by atoms with Crippen LogP contribution in [0, 0.1) is 0 Å². The molecule has 2 amide bonds. The molecule has 1 aromatic heterocycles. The summed E-state index contributed by atoms with van der Waals surface area (Å²) in [5, 5.41) is 7.27. The van der Waals surface area contributed by atoms with Crippen molar-refractivity contribution >= 4 is 40.5 Å². The fraction of sp³-hybridized carbons (Fsp3) is 0.174. The Morgan fingerprint density at radius 2 is 1.58 bits per heavy atom. The molecular weight excluding hydrogens is 416 g/mol. The third kappa shape index (κ3) is 6.16. The molecule has 0 aliphatic heterocycles. The summed E-state index contributed by atoms with van der Waals surface area (Å²) < 4.78 is 10.6. The van der Waals surface area contributed by atoms with Crippen LogP contribution >= 0.6 is 11.3 Å². The molecule has 3 rings (SSSR count). The number of hydrogen-bond acceptors (Lipinski definition) is 6. The lowest BCUT2D eigenvalue weighted by Crippen LogP contribution is -2.30. The van der Waals surface area contributed by atoms with E-state index in [9.17, 15) is 14.4 Å². The first kappa shape index (κ1) is 22.0. The Labute approximate surface area is 184 Å². The number of carbonyl (C=O) groups excluding carboxylic acids is 3. The second-order valence-electron chi connectivity index (χ2n) is 6.50. The fourth-order valence-corrected chi connectivity index (χ4v) is 3.24. The number of anilines is 2. The van der Waals surface area contributed by atoms with Gasteiger partial charge < -0.3 is 20.1 Å². The van der Waals surface area contributed by atoms with Crippen LogP contribution in [0.15, 0.2) is 66.0 Å². The van der Waals surface area contributed by atoms with Crippen LogP contribution in [0.3, 0.4) is 0 Å². The molecule has 0 aliphatic carbocycles. The molecule has 160 valence electrons. The van der Waals surface area contributed by atoms with Gasteiger partial charge in [-0.2, -0.15) is 0 Å². The van der Waals surface area contributed by atoms with E-state index in [0.717, 1.165) is 0 Å². The molecule has 1 heterocycles. The Bertz CT molecular complexity index is 1030. The Kier molecular flexibility index (Phi) is 7.40. The molecule has 1 unspecified atom stereocenters. The number of benzene rings is 2. The van der Waals surface area contributed by atoms with Gasteiger partial charge in [0.2, 0.25) is 0 Å². The number of esters is 1. The number of hydrogen-bond donors (Lipinski definition) is 2. The molecule has 2 aromatic carbocycles. The maximum atomic E-state index is 12.3. The van der Waals surface area contributed by atoms with Crippen molar-refractivity contribution in [1.29, 1.82) is 0 Å². The zero-order valence-electron chi connectivity index (χ0n) is 17.1. The molecular formula is C23H22N2O5S. The fourth-order valence-electron chi connectivity index (χ4n) is 2.62. The summed E-state index contributed by atoms with van der Waals surface area (Å²) in [5.41, 5.74) is 1.40. The van der Waals surface area contributed by atoms with Crippen molar-refractivity contribution in [3.8, 4) is 5.75 Å². The van der Waals surface area contributed by atoms with Crippen LogP contribution in [-0.2, 0) is 9.53 Å². The summed E-state index contributed by atoms with van der Waals surface area (Å²) in [5.74, 6) is -0.595. The van der Waals surface area contributed by atoms with E-state index in [2.05, 4.69) is 10.6 Å². The molecule has 0 aliphatic rings. The van der Waals surface area contributed by atoms with Crippen LogP contribution in [0.2, 0.25) is 0 Å². The average molecular weight is 439 g/mol. The summed E-state index contributed by atoms with van der Waals surface area (Å²) in [6, 6.07) is 16.7. The highest BCUT2D eigenvalue weighted by Gasteiger charge is 2.19. The van der Waals surface area contributed by atoms with Crippen LogP contribution in [0.1, 0.15) is 33.9 Å². The van der Waals surface area contributed by atoms with E-state index in [1.54, 1.807) is 48.5 Å². The molecule has 8 heteroatoms. The van der Waals surface area contributed by atoms with E-state index >= 15 is 0 Å². The number of ether oxygens (including phenoxy) is 2. The van der Waals surface area contributed by atoms with Crippen molar-refractivity contribution in [2.75, 3.05) is 17.2 Å².